The van der Waals surface area contributed by atoms with E-state index in [9.17, 15) is 4.79 Å². The van der Waals surface area contributed by atoms with Gasteiger partial charge in [0.15, 0.2) is 0 Å². The third kappa shape index (κ3) is 4.08. The van der Waals surface area contributed by atoms with Crippen molar-refractivity contribution in [1.29, 1.82) is 0 Å². The van der Waals surface area contributed by atoms with E-state index in [1.807, 2.05) is 17.0 Å². The molecule has 0 saturated carbocycles. The largest absolute Gasteiger partial charge is 0.468 e. The fourth-order valence-electron chi connectivity index (χ4n) is 2.59. The number of nitrogens with zero attached hydrogens (tertiary/aromatic N) is 2. The molecule has 2 rings (SSSR count). The lowest BCUT2D eigenvalue weighted by molar-refractivity contribution is -0.134. The second kappa shape index (κ2) is 6.90. The number of amides is 1. The summed E-state index contributed by atoms with van der Waals surface area (Å²) in [5.74, 6) is 1.52. The van der Waals surface area contributed by atoms with Crippen LogP contribution in [0.3, 0.4) is 0 Å². The van der Waals surface area contributed by atoms with Crippen molar-refractivity contribution in [3.8, 4) is 0 Å². The van der Waals surface area contributed by atoms with Crippen LogP contribution in [0.15, 0.2) is 22.8 Å². The minimum absolute atomic E-state index is 0.0938. The molecular formula is C15H25N3O2. The van der Waals surface area contributed by atoms with E-state index < -0.39 is 0 Å². The Hall–Kier alpha value is -1.33. The highest BCUT2D eigenvalue weighted by atomic mass is 16.3. The summed E-state index contributed by atoms with van der Waals surface area (Å²) in [6.07, 6.45) is 2.45. The Morgan fingerprint density at radius 2 is 2.05 bits per heavy atom. The van der Waals surface area contributed by atoms with Gasteiger partial charge in [0.1, 0.15) is 5.76 Å². The lowest BCUT2D eigenvalue weighted by Crippen LogP contribution is -2.53. The summed E-state index contributed by atoms with van der Waals surface area (Å²) < 4.78 is 5.35. The molecule has 1 aromatic heterocycles. The van der Waals surface area contributed by atoms with Crippen LogP contribution in [-0.2, 0) is 11.3 Å². The third-order valence-corrected chi connectivity index (χ3v) is 3.69. The van der Waals surface area contributed by atoms with Crippen LogP contribution in [0.5, 0.6) is 0 Å². The number of carbonyl (C=O) groups is 1. The standard InChI is InChI=1S/C15H25N3O2/c1-12(2)10-14(16)15(19)18-7-5-17(6-8-18)11-13-4-3-9-20-13/h3-4,9,12,14H,5-8,10-11,16H2,1-2H3. The zero-order chi connectivity index (χ0) is 14.5. The fraction of sp³-hybridized carbons (Fsp3) is 0.667. The molecule has 0 aromatic carbocycles. The van der Waals surface area contributed by atoms with Crippen LogP contribution in [0, 0.1) is 5.92 Å². The number of nitrogens with two attached hydrogens (primary N) is 1. The molecule has 2 N–H and O–H groups in total. The number of carbonyl (C=O) groups excluding carboxylic acids is 1. The summed E-state index contributed by atoms with van der Waals surface area (Å²) >= 11 is 0. The van der Waals surface area contributed by atoms with Crippen LogP contribution in [0.4, 0.5) is 0 Å². The molecule has 5 heteroatoms. The van der Waals surface area contributed by atoms with Crippen molar-refractivity contribution in [3.63, 3.8) is 0 Å². The molecule has 20 heavy (non-hydrogen) atoms. The Bertz CT molecular complexity index is 409. The zero-order valence-corrected chi connectivity index (χ0v) is 12.4. The van der Waals surface area contributed by atoms with Gasteiger partial charge in [-0.3, -0.25) is 9.69 Å². The summed E-state index contributed by atoms with van der Waals surface area (Å²) in [6.45, 7) is 8.26. The number of hydrogen-bond acceptors (Lipinski definition) is 4. The van der Waals surface area contributed by atoms with E-state index in [2.05, 4.69) is 18.7 Å². The topological polar surface area (TPSA) is 62.7 Å². The summed E-state index contributed by atoms with van der Waals surface area (Å²) in [7, 11) is 0. The molecule has 0 bridgehead atoms. The Balaban J connectivity index is 1.77. The predicted octanol–water partition coefficient (Wildman–Crippen LogP) is 1.30. The molecule has 1 atom stereocenters. The SMILES string of the molecule is CC(C)CC(N)C(=O)N1CCN(Cc2ccco2)CC1. The van der Waals surface area contributed by atoms with Crippen molar-refractivity contribution >= 4 is 5.91 Å². The van der Waals surface area contributed by atoms with Crippen molar-refractivity contribution in [2.75, 3.05) is 26.2 Å². The number of furan rings is 1. The first-order valence-electron chi connectivity index (χ1n) is 7.35. The van der Waals surface area contributed by atoms with Crippen molar-refractivity contribution in [2.24, 2.45) is 11.7 Å². The highest BCUT2D eigenvalue weighted by Gasteiger charge is 2.25. The Morgan fingerprint density at radius 3 is 2.60 bits per heavy atom. The zero-order valence-electron chi connectivity index (χ0n) is 12.4. The molecule has 1 saturated heterocycles. The summed E-state index contributed by atoms with van der Waals surface area (Å²) in [5.41, 5.74) is 5.97. The van der Waals surface area contributed by atoms with Crippen LogP contribution >= 0.6 is 0 Å². The monoisotopic (exact) mass is 279 g/mol. The predicted molar refractivity (Wildman–Crippen MR) is 78.0 cm³/mol. The average Bonchev–Trinajstić information content (AvgIpc) is 2.91. The molecule has 1 amide bonds. The summed E-state index contributed by atoms with van der Waals surface area (Å²) in [5, 5.41) is 0. The van der Waals surface area contributed by atoms with Gasteiger partial charge < -0.3 is 15.1 Å². The summed E-state index contributed by atoms with van der Waals surface area (Å²) in [6, 6.07) is 3.53. The van der Waals surface area contributed by atoms with E-state index >= 15 is 0 Å². The van der Waals surface area contributed by atoms with Crippen LogP contribution in [-0.4, -0.2) is 47.9 Å². The maximum Gasteiger partial charge on any atom is 0.239 e. The van der Waals surface area contributed by atoms with Crippen molar-refractivity contribution in [3.05, 3.63) is 24.2 Å². The molecule has 1 unspecified atom stereocenters. The van der Waals surface area contributed by atoms with E-state index in [1.165, 1.54) is 0 Å². The van der Waals surface area contributed by atoms with E-state index in [0.717, 1.165) is 44.9 Å². The minimum Gasteiger partial charge on any atom is -0.468 e. The van der Waals surface area contributed by atoms with Gasteiger partial charge in [-0.2, -0.15) is 0 Å². The second-order valence-corrected chi connectivity index (χ2v) is 5.92. The lowest BCUT2D eigenvalue weighted by atomic mass is 10.0. The van der Waals surface area contributed by atoms with Gasteiger partial charge in [-0.1, -0.05) is 13.8 Å². The van der Waals surface area contributed by atoms with E-state index in [4.69, 9.17) is 10.2 Å². The van der Waals surface area contributed by atoms with E-state index in [0.29, 0.717) is 5.92 Å². The van der Waals surface area contributed by atoms with Crippen molar-refractivity contribution < 1.29 is 9.21 Å². The first-order chi connectivity index (χ1) is 9.56. The first kappa shape index (κ1) is 15.1. The van der Waals surface area contributed by atoms with Crippen LogP contribution in [0.1, 0.15) is 26.0 Å². The minimum atomic E-state index is -0.355. The lowest BCUT2D eigenvalue weighted by Gasteiger charge is -2.35. The van der Waals surface area contributed by atoms with Crippen LogP contribution in [0.25, 0.3) is 0 Å². The van der Waals surface area contributed by atoms with E-state index in [-0.39, 0.29) is 11.9 Å². The first-order valence-corrected chi connectivity index (χ1v) is 7.35. The highest BCUT2D eigenvalue weighted by molar-refractivity contribution is 5.81. The molecule has 0 radical (unpaired) electrons. The Labute approximate surface area is 120 Å². The average molecular weight is 279 g/mol. The third-order valence-electron chi connectivity index (χ3n) is 3.69. The molecule has 5 nitrogen and oxygen atoms in total. The molecule has 1 aliphatic rings. The van der Waals surface area contributed by atoms with E-state index in [1.54, 1.807) is 6.26 Å². The second-order valence-electron chi connectivity index (χ2n) is 5.92. The molecule has 112 valence electrons. The molecule has 1 aromatic rings. The van der Waals surface area contributed by atoms with Crippen LogP contribution in [0.2, 0.25) is 0 Å². The Morgan fingerprint density at radius 1 is 1.35 bits per heavy atom. The molecule has 2 heterocycles. The van der Waals surface area contributed by atoms with Gasteiger partial charge in [0.05, 0.1) is 18.8 Å². The van der Waals surface area contributed by atoms with Gasteiger partial charge in [-0.05, 0) is 24.5 Å². The molecular weight excluding hydrogens is 254 g/mol. The molecule has 0 spiro atoms. The normalized spacial score (nSPS) is 18.5. The summed E-state index contributed by atoms with van der Waals surface area (Å²) in [4.78, 5) is 16.4. The number of rotatable bonds is 5. The molecule has 0 aliphatic carbocycles. The smallest absolute Gasteiger partial charge is 0.239 e. The van der Waals surface area contributed by atoms with Crippen molar-refractivity contribution in [2.45, 2.75) is 32.9 Å². The number of piperazine rings is 1. The van der Waals surface area contributed by atoms with Gasteiger partial charge in [-0.15, -0.1) is 0 Å². The van der Waals surface area contributed by atoms with Gasteiger partial charge in [0.2, 0.25) is 5.91 Å². The van der Waals surface area contributed by atoms with Crippen molar-refractivity contribution in [1.82, 2.24) is 9.80 Å². The highest BCUT2D eigenvalue weighted by Crippen LogP contribution is 2.11. The molecule has 1 fully saturated rings. The fourth-order valence-corrected chi connectivity index (χ4v) is 2.59. The maximum absolute atomic E-state index is 12.2. The van der Waals surface area contributed by atoms with Gasteiger partial charge in [0.25, 0.3) is 0 Å². The van der Waals surface area contributed by atoms with Gasteiger partial charge in [-0.25, -0.2) is 0 Å². The van der Waals surface area contributed by atoms with Gasteiger partial charge in [0, 0.05) is 26.2 Å². The van der Waals surface area contributed by atoms with Gasteiger partial charge >= 0.3 is 0 Å². The van der Waals surface area contributed by atoms with Crippen LogP contribution < -0.4 is 5.73 Å². The maximum atomic E-state index is 12.2. The quantitative estimate of drug-likeness (QED) is 0.882. The Kier molecular flexibility index (Phi) is 5.20. The molecule has 1 aliphatic heterocycles. The number of hydrogen-bond donors (Lipinski definition) is 1.